The Kier molecular flexibility index (Phi) is 5.34. The van der Waals surface area contributed by atoms with E-state index in [4.69, 9.17) is 21.1 Å². The number of hydrogen-bond donors (Lipinski definition) is 1. The first-order valence-corrected chi connectivity index (χ1v) is 10.5. The van der Waals surface area contributed by atoms with Gasteiger partial charge in [0.15, 0.2) is 11.5 Å². The average molecular weight is 428 g/mol. The molecule has 0 saturated carbocycles. The summed E-state index contributed by atoms with van der Waals surface area (Å²) in [4.78, 5) is 4.62. The molecule has 2 heterocycles. The van der Waals surface area contributed by atoms with Gasteiger partial charge in [-0.2, -0.15) is 4.57 Å². The number of aryl methyl sites for hydroxylation is 1. The van der Waals surface area contributed by atoms with Gasteiger partial charge in [-0.3, -0.25) is 0 Å². The molecule has 0 bridgehead atoms. The number of aromatic amines is 1. The second-order valence-electron chi connectivity index (χ2n) is 6.42. The molecule has 4 aromatic rings. The third-order valence-corrected chi connectivity index (χ3v) is 5.48. The summed E-state index contributed by atoms with van der Waals surface area (Å²) < 4.78 is 13.1. The Morgan fingerprint density at radius 2 is 1.83 bits per heavy atom. The maximum atomic E-state index is 6.32. The molecule has 6 nitrogen and oxygen atoms in total. The number of rotatable bonds is 5. The number of thioether (sulfide) groups is 1. The molecule has 0 radical (unpaired) electrons. The molecule has 2 aromatic heterocycles. The molecule has 4 rings (SSSR count). The quantitative estimate of drug-likeness (QED) is 0.372. The summed E-state index contributed by atoms with van der Waals surface area (Å²) in [7, 11) is 3.27. The normalized spacial score (nSPS) is 11.1. The molecule has 0 spiro atoms. The molecule has 8 heteroatoms. The molecular formula is C21H20ClN4O2S+. The summed E-state index contributed by atoms with van der Waals surface area (Å²) in [5, 5.41) is 10.7. The van der Waals surface area contributed by atoms with Crippen LogP contribution in [0.25, 0.3) is 28.0 Å². The summed E-state index contributed by atoms with van der Waals surface area (Å²) in [6.07, 6.45) is 1.94. The zero-order valence-electron chi connectivity index (χ0n) is 16.5. The third kappa shape index (κ3) is 3.52. The highest BCUT2D eigenvalue weighted by Crippen LogP contribution is 2.37. The van der Waals surface area contributed by atoms with Crippen LogP contribution in [0, 0.1) is 6.92 Å². The minimum absolute atomic E-state index is 0.638. The van der Waals surface area contributed by atoms with Gasteiger partial charge in [0.25, 0.3) is 5.16 Å². The van der Waals surface area contributed by atoms with E-state index in [2.05, 4.69) is 21.2 Å². The number of pyridine rings is 1. The van der Waals surface area contributed by atoms with Crippen molar-refractivity contribution < 1.29 is 14.0 Å². The summed E-state index contributed by atoms with van der Waals surface area (Å²) in [5.41, 5.74) is 2.89. The van der Waals surface area contributed by atoms with Gasteiger partial charge in [-0.15, -0.1) is 5.10 Å². The number of benzene rings is 2. The molecule has 148 valence electrons. The van der Waals surface area contributed by atoms with Gasteiger partial charge in [-0.05, 0) is 53.9 Å². The molecule has 29 heavy (non-hydrogen) atoms. The number of nitrogens with one attached hydrogen (secondary N) is 1. The Morgan fingerprint density at radius 1 is 1.07 bits per heavy atom. The second kappa shape index (κ2) is 7.93. The first kappa shape index (κ1) is 19.5. The Hall–Kier alpha value is -2.77. The lowest BCUT2D eigenvalue weighted by Gasteiger charge is -2.15. The number of hydrogen-bond acceptors (Lipinski definition) is 5. The lowest BCUT2D eigenvalue weighted by Crippen LogP contribution is -2.38. The van der Waals surface area contributed by atoms with Crippen LogP contribution < -0.4 is 14.0 Å². The number of ether oxygens (including phenoxy) is 2. The fraction of sp³-hybridized carbons (Fsp3) is 0.190. The largest absolute Gasteiger partial charge is 0.493 e. The Bertz CT molecular complexity index is 1210. The number of fused-ring (bicyclic) bond motifs is 1. The van der Waals surface area contributed by atoms with Crippen LogP contribution in [-0.2, 0) is 0 Å². The van der Waals surface area contributed by atoms with Crippen molar-refractivity contribution in [1.29, 1.82) is 0 Å². The Balaban J connectivity index is 2.13. The lowest BCUT2D eigenvalue weighted by molar-refractivity contribution is -0.597. The van der Waals surface area contributed by atoms with Crippen LogP contribution in [0.4, 0.5) is 0 Å². The predicted molar refractivity (Wildman–Crippen MR) is 115 cm³/mol. The van der Waals surface area contributed by atoms with Crippen molar-refractivity contribution in [2.24, 2.45) is 0 Å². The van der Waals surface area contributed by atoms with Gasteiger partial charge in [0.1, 0.15) is 5.69 Å². The maximum absolute atomic E-state index is 6.32. The van der Waals surface area contributed by atoms with Gasteiger partial charge >= 0.3 is 5.95 Å². The van der Waals surface area contributed by atoms with Crippen molar-refractivity contribution >= 4 is 34.1 Å². The van der Waals surface area contributed by atoms with Crippen LogP contribution in [0.1, 0.15) is 5.69 Å². The Morgan fingerprint density at radius 3 is 2.48 bits per heavy atom. The molecule has 0 saturated heterocycles. The molecule has 0 fully saturated rings. The highest BCUT2D eigenvalue weighted by Gasteiger charge is 2.24. The van der Waals surface area contributed by atoms with Gasteiger partial charge < -0.3 is 9.47 Å². The topological polar surface area (TPSA) is 63.9 Å². The number of halogens is 1. The lowest BCUT2D eigenvalue weighted by atomic mass is 10.0. The maximum Gasteiger partial charge on any atom is 0.423 e. The van der Waals surface area contributed by atoms with E-state index in [-0.39, 0.29) is 0 Å². The summed E-state index contributed by atoms with van der Waals surface area (Å²) in [6, 6.07) is 13.8. The molecular weight excluding hydrogens is 408 g/mol. The minimum Gasteiger partial charge on any atom is -0.493 e. The van der Waals surface area contributed by atoms with Crippen molar-refractivity contribution in [2.75, 3.05) is 20.5 Å². The highest BCUT2D eigenvalue weighted by atomic mass is 35.5. The van der Waals surface area contributed by atoms with E-state index in [9.17, 15) is 0 Å². The monoisotopic (exact) mass is 427 g/mol. The zero-order valence-corrected chi connectivity index (χ0v) is 18.1. The number of H-pyrrole nitrogens is 1. The second-order valence-corrected chi connectivity index (χ2v) is 7.63. The van der Waals surface area contributed by atoms with E-state index in [0.29, 0.717) is 27.6 Å². The summed E-state index contributed by atoms with van der Waals surface area (Å²) >= 11 is 7.81. The molecule has 0 aliphatic rings. The van der Waals surface area contributed by atoms with E-state index in [1.54, 1.807) is 14.2 Å². The third-order valence-electron chi connectivity index (χ3n) is 4.70. The number of aromatic nitrogens is 4. The van der Waals surface area contributed by atoms with Crippen molar-refractivity contribution in [2.45, 2.75) is 12.1 Å². The Labute approximate surface area is 177 Å². The first-order chi connectivity index (χ1) is 14.0. The zero-order chi connectivity index (χ0) is 20.5. The first-order valence-electron chi connectivity index (χ1n) is 8.89. The summed E-state index contributed by atoms with van der Waals surface area (Å²) in [6.45, 7) is 2.03. The molecule has 0 aliphatic heterocycles. The molecule has 0 atom stereocenters. The van der Waals surface area contributed by atoms with Crippen molar-refractivity contribution in [3.8, 4) is 28.7 Å². The fourth-order valence-electron chi connectivity index (χ4n) is 3.43. The van der Waals surface area contributed by atoms with E-state index in [1.165, 1.54) is 11.8 Å². The van der Waals surface area contributed by atoms with Crippen molar-refractivity contribution in [1.82, 2.24) is 15.2 Å². The predicted octanol–water partition coefficient (Wildman–Crippen LogP) is 4.60. The smallest absolute Gasteiger partial charge is 0.423 e. The van der Waals surface area contributed by atoms with Crippen molar-refractivity contribution in [3.63, 3.8) is 0 Å². The van der Waals surface area contributed by atoms with E-state index < -0.39 is 0 Å². The van der Waals surface area contributed by atoms with Crippen LogP contribution >= 0.6 is 23.4 Å². The van der Waals surface area contributed by atoms with Crippen LogP contribution in [-0.4, -0.2) is 35.7 Å². The van der Waals surface area contributed by atoms with E-state index >= 15 is 0 Å². The van der Waals surface area contributed by atoms with Crippen molar-refractivity contribution in [3.05, 3.63) is 53.2 Å². The van der Waals surface area contributed by atoms with Gasteiger partial charge in [-0.25, -0.2) is 0 Å². The number of methoxy groups -OCH3 is 2. The standard InChI is InChI=1S/C21H20ClN4O2S/c1-12-8-14-10-17(27-2)18(28-3)11-16(14)19(13-6-5-7-15(22)9-13)26(12)20-23-21(29-4)25-24-20/h5-11H,1-4H3,(H,23,24,25)/q+1. The van der Waals surface area contributed by atoms with Gasteiger partial charge in [-0.1, -0.05) is 40.6 Å². The fourth-order valence-corrected chi connectivity index (χ4v) is 3.93. The van der Waals surface area contributed by atoms with Gasteiger partial charge in [0.05, 0.1) is 19.9 Å². The minimum atomic E-state index is 0.638. The molecule has 0 amide bonds. The van der Waals surface area contributed by atoms with Crippen LogP contribution in [0.2, 0.25) is 5.02 Å². The van der Waals surface area contributed by atoms with Crippen LogP contribution in [0.5, 0.6) is 11.5 Å². The highest BCUT2D eigenvalue weighted by molar-refractivity contribution is 7.98. The van der Waals surface area contributed by atoms with Crippen LogP contribution in [0.15, 0.2) is 47.6 Å². The average Bonchev–Trinajstić information content (AvgIpc) is 3.20. The van der Waals surface area contributed by atoms with Gasteiger partial charge in [0, 0.05) is 16.0 Å². The summed E-state index contributed by atoms with van der Waals surface area (Å²) in [5.74, 6) is 1.97. The van der Waals surface area contributed by atoms with E-state index in [0.717, 1.165) is 27.7 Å². The molecule has 2 aromatic carbocycles. The molecule has 1 N–H and O–H groups in total. The number of nitrogens with zero attached hydrogens (tertiary/aromatic N) is 3. The molecule has 0 unspecified atom stereocenters. The van der Waals surface area contributed by atoms with E-state index in [1.807, 2.05) is 54.1 Å². The van der Waals surface area contributed by atoms with Crippen LogP contribution in [0.3, 0.4) is 0 Å². The molecule has 0 aliphatic carbocycles. The van der Waals surface area contributed by atoms with Gasteiger partial charge in [0.2, 0.25) is 0 Å². The SMILES string of the molecule is COc1cc2cc(C)[n+](-c3nc(SC)n[nH]3)c(-c3cccc(Cl)c3)c2cc1OC.